The van der Waals surface area contributed by atoms with Crippen LogP contribution in [0.5, 0.6) is 0 Å². The predicted octanol–water partition coefficient (Wildman–Crippen LogP) is 1.48. The summed E-state index contributed by atoms with van der Waals surface area (Å²) in [6.07, 6.45) is 1.84. The first-order valence-corrected chi connectivity index (χ1v) is 7.97. The third-order valence-electron chi connectivity index (χ3n) is 7.19. The molecule has 7 atom stereocenters. The topological polar surface area (TPSA) is 49.8 Å². The molecule has 4 aliphatic rings. The molecule has 2 saturated heterocycles. The second-order valence-corrected chi connectivity index (χ2v) is 7.97. The molecule has 0 aromatic carbocycles. The molecule has 4 nitrogen and oxygen atoms in total. The van der Waals surface area contributed by atoms with Crippen molar-refractivity contribution >= 4 is 5.97 Å². The zero-order valence-electron chi connectivity index (χ0n) is 12.8. The van der Waals surface area contributed by atoms with E-state index in [9.17, 15) is 9.90 Å². The lowest BCUT2D eigenvalue weighted by molar-refractivity contribution is -0.247. The van der Waals surface area contributed by atoms with Gasteiger partial charge in [-0.1, -0.05) is 20.8 Å². The summed E-state index contributed by atoms with van der Waals surface area (Å²) >= 11 is 0. The van der Waals surface area contributed by atoms with E-state index in [-0.39, 0.29) is 35.2 Å². The van der Waals surface area contributed by atoms with Crippen molar-refractivity contribution in [2.45, 2.75) is 45.4 Å². The van der Waals surface area contributed by atoms with Gasteiger partial charge in [0.15, 0.2) is 5.72 Å². The van der Waals surface area contributed by atoms with Gasteiger partial charge in [0, 0.05) is 17.9 Å². The summed E-state index contributed by atoms with van der Waals surface area (Å²) in [5.74, 6) is 1.23. The number of rotatable bonds is 1. The third-order valence-corrected chi connectivity index (χ3v) is 7.19. The molecular weight excluding hydrogens is 254 g/mol. The molecule has 20 heavy (non-hydrogen) atoms. The molecule has 112 valence electrons. The van der Waals surface area contributed by atoms with Crippen LogP contribution in [0.2, 0.25) is 0 Å². The summed E-state index contributed by atoms with van der Waals surface area (Å²) < 4.78 is 5.73. The largest absolute Gasteiger partial charge is 0.457 e. The molecule has 2 aliphatic carbocycles. The summed E-state index contributed by atoms with van der Waals surface area (Å²) in [5.41, 5.74) is -1.16. The number of likely N-dealkylation sites (tertiary alicyclic amines) is 1. The second kappa shape index (κ2) is 3.58. The fourth-order valence-corrected chi connectivity index (χ4v) is 6.27. The molecule has 0 unspecified atom stereocenters. The standard InChI is InChI=1S/C16H25NO3/c1-8(2)11-12-10-6-5-9-7-17(4)16(19,15(9,10)3)13(11)20-14(12)18/h8-13,19H,5-7H2,1-4H3/t9-,10+,11+,12-,13-,15+,16+/m1/s1. The minimum Gasteiger partial charge on any atom is -0.457 e. The molecule has 2 bridgehead atoms. The fraction of sp³-hybridized carbons (Fsp3) is 0.938. The zero-order valence-corrected chi connectivity index (χ0v) is 12.8. The van der Waals surface area contributed by atoms with Crippen molar-refractivity contribution in [1.82, 2.24) is 4.90 Å². The van der Waals surface area contributed by atoms with E-state index in [1.54, 1.807) is 0 Å². The zero-order chi connectivity index (χ0) is 14.4. The van der Waals surface area contributed by atoms with Gasteiger partial charge in [0.25, 0.3) is 0 Å². The van der Waals surface area contributed by atoms with Gasteiger partial charge in [-0.25, -0.2) is 0 Å². The number of nitrogens with zero attached hydrogens (tertiary/aromatic N) is 1. The van der Waals surface area contributed by atoms with Gasteiger partial charge in [-0.05, 0) is 37.6 Å². The van der Waals surface area contributed by atoms with E-state index >= 15 is 0 Å². The third kappa shape index (κ3) is 1.09. The fourth-order valence-electron chi connectivity index (χ4n) is 6.27. The van der Waals surface area contributed by atoms with Crippen LogP contribution in [0.1, 0.15) is 33.6 Å². The van der Waals surface area contributed by atoms with E-state index in [1.807, 2.05) is 7.05 Å². The smallest absolute Gasteiger partial charge is 0.310 e. The lowest BCUT2D eigenvalue weighted by atomic mass is 9.53. The first-order valence-electron chi connectivity index (χ1n) is 7.97. The summed E-state index contributed by atoms with van der Waals surface area (Å²) in [5, 5.41) is 11.6. The normalized spacial score (nSPS) is 57.3. The first kappa shape index (κ1) is 13.1. The first-order chi connectivity index (χ1) is 9.33. The monoisotopic (exact) mass is 279 g/mol. The summed E-state index contributed by atoms with van der Waals surface area (Å²) in [6, 6.07) is 0. The average Bonchev–Trinajstić information content (AvgIpc) is 2.92. The van der Waals surface area contributed by atoms with E-state index in [4.69, 9.17) is 4.74 Å². The number of hydrogen-bond acceptors (Lipinski definition) is 4. The molecule has 0 aromatic heterocycles. The van der Waals surface area contributed by atoms with Crippen molar-refractivity contribution in [3.8, 4) is 0 Å². The van der Waals surface area contributed by atoms with Crippen LogP contribution in [-0.2, 0) is 9.53 Å². The van der Waals surface area contributed by atoms with Crippen LogP contribution in [0.3, 0.4) is 0 Å². The van der Waals surface area contributed by atoms with Gasteiger partial charge in [-0.3, -0.25) is 9.69 Å². The summed E-state index contributed by atoms with van der Waals surface area (Å²) in [4.78, 5) is 14.5. The molecule has 0 radical (unpaired) electrons. The lowest BCUT2D eigenvalue weighted by Crippen LogP contribution is -2.67. The second-order valence-electron chi connectivity index (χ2n) is 7.97. The van der Waals surface area contributed by atoms with Crippen LogP contribution in [0, 0.1) is 35.0 Å². The Morgan fingerprint density at radius 1 is 1.40 bits per heavy atom. The number of aliphatic hydroxyl groups is 1. The van der Waals surface area contributed by atoms with Gasteiger partial charge in [0.05, 0.1) is 5.92 Å². The van der Waals surface area contributed by atoms with Crippen LogP contribution in [0.4, 0.5) is 0 Å². The predicted molar refractivity (Wildman–Crippen MR) is 73.6 cm³/mol. The van der Waals surface area contributed by atoms with Crippen molar-refractivity contribution in [1.29, 1.82) is 0 Å². The number of esters is 1. The van der Waals surface area contributed by atoms with E-state index in [1.165, 1.54) is 0 Å². The van der Waals surface area contributed by atoms with Crippen molar-refractivity contribution < 1.29 is 14.6 Å². The maximum Gasteiger partial charge on any atom is 0.310 e. The molecule has 2 aliphatic heterocycles. The highest BCUT2D eigenvalue weighted by atomic mass is 16.6. The number of hydrogen-bond donors (Lipinski definition) is 1. The minimum atomic E-state index is -0.976. The molecule has 2 saturated carbocycles. The SMILES string of the molecule is CC(C)[C@H]1[C@@H]2C(=O)O[C@H]1[C@@]1(O)N(C)C[C@H]3CC[C@@H]2[C@]31C. The quantitative estimate of drug-likeness (QED) is 0.739. The Morgan fingerprint density at radius 3 is 2.75 bits per heavy atom. The van der Waals surface area contributed by atoms with Gasteiger partial charge in [0.2, 0.25) is 0 Å². The Balaban J connectivity index is 1.92. The molecular formula is C16H25NO3. The minimum absolute atomic E-state index is 0.00164. The number of fused-ring (bicyclic) bond motifs is 4. The number of ether oxygens (including phenoxy) is 1. The highest BCUT2D eigenvalue weighted by Gasteiger charge is 2.78. The van der Waals surface area contributed by atoms with Crippen molar-refractivity contribution in [3.63, 3.8) is 0 Å². The molecule has 1 N–H and O–H groups in total. The molecule has 2 heterocycles. The molecule has 4 heteroatoms. The van der Waals surface area contributed by atoms with E-state index < -0.39 is 5.72 Å². The average molecular weight is 279 g/mol. The summed E-state index contributed by atoms with van der Waals surface area (Å²) in [6.45, 7) is 7.44. The van der Waals surface area contributed by atoms with Crippen molar-refractivity contribution in [3.05, 3.63) is 0 Å². The van der Waals surface area contributed by atoms with Gasteiger partial charge >= 0.3 is 5.97 Å². The Hall–Kier alpha value is -0.610. The van der Waals surface area contributed by atoms with E-state index in [0.29, 0.717) is 11.8 Å². The molecule has 4 fully saturated rings. The van der Waals surface area contributed by atoms with Crippen LogP contribution >= 0.6 is 0 Å². The Labute approximate surface area is 120 Å². The Morgan fingerprint density at radius 2 is 2.10 bits per heavy atom. The maximum absolute atomic E-state index is 12.4. The highest BCUT2D eigenvalue weighted by Crippen LogP contribution is 2.70. The van der Waals surface area contributed by atoms with E-state index in [0.717, 1.165) is 19.4 Å². The van der Waals surface area contributed by atoms with Gasteiger partial charge in [0.1, 0.15) is 6.10 Å². The number of carbonyl (C=O) groups is 1. The number of likely N-dealkylation sites (N-methyl/N-ethyl adjacent to an activating group) is 1. The Bertz CT molecular complexity index is 478. The van der Waals surface area contributed by atoms with Gasteiger partial charge in [-0.15, -0.1) is 0 Å². The molecule has 0 amide bonds. The van der Waals surface area contributed by atoms with Crippen molar-refractivity contribution in [2.24, 2.45) is 35.0 Å². The van der Waals surface area contributed by atoms with Crippen LogP contribution in [0.25, 0.3) is 0 Å². The highest BCUT2D eigenvalue weighted by molar-refractivity contribution is 5.77. The van der Waals surface area contributed by atoms with E-state index in [2.05, 4.69) is 25.7 Å². The maximum atomic E-state index is 12.4. The molecule has 4 rings (SSSR count). The van der Waals surface area contributed by atoms with Crippen LogP contribution in [-0.4, -0.2) is 41.4 Å². The number of carbonyl (C=O) groups excluding carboxylic acids is 1. The lowest BCUT2D eigenvalue weighted by Gasteiger charge is -2.54. The van der Waals surface area contributed by atoms with Crippen LogP contribution < -0.4 is 0 Å². The summed E-state index contributed by atoms with van der Waals surface area (Å²) in [7, 11) is 1.99. The Kier molecular flexibility index (Phi) is 2.34. The molecule has 0 aromatic rings. The molecule has 0 spiro atoms. The van der Waals surface area contributed by atoms with Crippen molar-refractivity contribution in [2.75, 3.05) is 13.6 Å². The van der Waals surface area contributed by atoms with Crippen LogP contribution in [0.15, 0.2) is 0 Å². The van der Waals surface area contributed by atoms with Gasteiger partial charge < -0.3 is 9.84 Å². The van der Waals surface area contributed by atoms with Gasteiger partial charge in [-0.2, -0.15) is 0 Å².